The molecule has 0 radical (unpaired) electrons. The van der Waals surface area contributed by atoms with E-state index in [9.17, 15) is 9.90 Å². The Labute approximate surface area is 259 Å². The van der Waals surface area contributed by atoms with Gasteiger partial charge in [-0.25, -0.2) is 9.78 Å². The zero-order chi connectivity index (χ0) is 30.5. The van der Waals surface area contributed by atoms with E-state index >= 15 is 0 Å². The molecule has 2 aromatic heterocycles. The van der Waals surface area contributed by atoms with Crippen molar-refractivity contribution in [1.82, 2.24) is 9.97 Å². The number of hydrogen-bond donors (Lipinski definition) is 1. The fourth-order valence-electron chi connectivity index (χ4n) is 5.39. The molecule has 3 aromatic carbocycles. The van der Waals surface area contributed by atoms with Crippen LogP contribution < -0.4 is 9.64 Å². The van der Waals surface area contributed by atoms with E-state index in [1.165, 1.54) is 11.3 Å². The highest BCUT2D eigenvalue weighted by atomic mass is 35.5. The number of aryl methyl sites for hydroxylation is 1. The number of likely N-dealkylation sites (N-methyl/N-ethyl adjacent to an activating group) is 1. The van der Waals surface area contributed by atoms with Gasteiger partial charge in [0.25, 0.3) is 0 Å². The van der Waals surface area contributed by atoms with Gasteiger partial charge < -0.3 is 19.5 Å². The highest BCUT2D eigenvalue weighted by Gasteiger charge is 2.32. The molecule has 43 heavy (non-hydrogen) atoms. The van der Waals surface area contributed by atoms with Crippen LogP contribution in [0.3, 0.4) is 0 Å². The Hall–Kier alpha value is -3.98. The molecule has 0 aliphatic carbocycles. The Bertz CT molecular complexity index is 1850. The number of aliphatic carboxylic acids is 1. The summed E-state index contributed by atoms with van der Waals surface area (Å²) in [5.41, 5.74) is 6.95. The number of carboxylic acid groups (broad SMARTS) is 1. The van der Waals surface area contributed by atoms with Gasteiger partial charge in [0.2, 0.25) is 0 Å². The monoisotopic (exact) mass is 613 g/mol. The topological polar surface area (TPSA) is 84.8 Å². The van der Waals surface area contributed by atoms with Crippen molar-refractivity contribution in [3.63, 3.8) is 0 Å². The predicted octanol–water partition coefficient (Wildman–Crippen LogP) is 8.42. The molecule has 5 aromatic rings. The molecule has 6 rings (SSSR count). The number of thiazole rings is 1. The fourth-order valence-corrected chi connectivity index (χ4v) is 6.64. The third-order valence-corrected chi connectivity index (χ3v) is 8.77. The first kappa shape index (κ1) is 29.1. The summed E-state index contributed by atoms with van der Waals surface area (Å²) >= 11 is 7.77. The smallest absolute Gasteiger partial charge is 0.337 e. The molecule has 0 saturated carbocycles. The molecule has 0 spiro atoms. The lowest BCUT2D eigenvalue weighted by atomic mass is 9.91. The zero-order valence-electron chi connectivity index (χ0n) is 24.6. The third kappa shape index (κ3) is 5.83. The Morgan fingerprint density at radius 2 is 1.81 bits per heavy atom. The molecule has 7 nitrogen and oxygen atoms in total. The number of hydrogen-bond acceptors (Lipinski definition) is 7. The molecule has 0 fully saturated rings. The predicted molar refractivity (Wildman–Crippen MR) is 173 cm³/mol. The number of anilines is 1. The van der Waals surface area contributed by atoms with E-state index in [1.807, 2.05) is 82.3 Å². The summed E-state index contributed by atoms with van der Waals surface area (Å²) in [6, 6.07) is 19.5. The van der Waals surface area contributed by atoms with Gasteiger partial charge in [0.05, 0.1) is 33.7 Å². The SMILES string of the molecule is Cc1cc2nc(-c3ccnc(-c4ccc5c(c4)N(C)CCO5)c3)sc2c(-c2ccc(Cl)cc2)c1C(OC(C)(C)C)C(=O)O. The minimum Gasteiger partial charge on any atom is -0.490 e. The second-order valence-electron chi connectivity index (χ2n) is 11.7. The van der Waals surface area contributed by atoms with Gasteiger partial charge in [-0.3, -0.25) is 4.98 Å². The van der Waals surface area contributed by atoms with Crippen LogP contribution in [0.25, 0.3) is 43.2 Å². The van der Waals surface area contributed by atoms with E-state index in [-0.39, 0.29) is 0 Å². The number of ether oxygens (including phenoxy) is 2. The maximum atomic E-state index is 12.6. The molecule has 0 saturated heterocycles. The summed E-state index contributed by atoms with van der Waals surface area (Å²) in [5, 5.41) is 11.8. The van der Waals surface area contributed by atoms with E-state index < -0.39 is 17.7 Å². The van der Waals surface area contributed by atoms with Crippen LogP contribution in [0, 0.1) is 6.92 Å². The lowest BCUT2D eigenvalue weighted by Gasteiger charge is -2.28. The number of nitrogens with zero attached hydrogens (tertiary/aromatic N) is 3. The van der Waals surface area contributed by atoms with Crippen molar-refractivity contribution in [2.24, 2.45) is 0 Å². The van der Waals surface area contributed by atoms with Crippen molar-refractivity contribution >= 4 is 44.8 Å². The van der Waals surface area contributed by atoms with E-state index in [4.69, 9.17) is 26.1 Å². The van der Waals surface area contributed by atoms with Crippen LogP contribution in [0.2, 0.25) is 5.02 Å². The fraction of sp³-hybridized carbons (Fsp3) is 0.265. The van der Waals surface area contributed by atoms with Gasteiger partial charge in [-0.15, -0.1) is 11.3 Å². The molecule has 1 atom stereocenters. The zero-order valence-corrected chi connectivity index (χ0v) is 26.2. The summed E-state index contributed by atoms with van der Waals surface area (Å²) < 4.78 is 12.8. The largest absolute Gasteiger partial charge is 0.490 e. The number of benzene rings is 3. The average Bonchev–Trinajstić information content (AvgIpc) is 3.39. The number of carboxylic acids is 1. The highest BCUT2D eigenvalue weighted by Crippen LogP contribution is 2.45. The number of rotatable bonds is 6. The van der Waals surface area contributed by atoms with E-state index in [0.717, 1.165) is 66.7 Å². The first-order valence-electron chi connectivity index (χ1n) is 14.0. The van der Waals surface area contributed by atoms with Gasteiger partial charge in [0.1, 0.15) is 17.4 Å². The van der Waals surface area contributed by atoms with Gasteiger partial charge >= 0.3 is 5.97 Å². The summed E-state index contributed by atoms with van der Waals surface area (Å²) in [4.78, 5) is 24.5. The molecule has 1 aliphatic heterocycles. The summed E-state index contributed by atoms with van der Waals surface area (Å²) in [5.74, 6) is -0.173. The van der Waals surface area contributed by atoms with Crippen LogP contribution in [0.4, 0.5) is 5.69 Å². The maximum absolute atomic E-state index is 12.6. The van der Waals surface area contributed by atoms with Crippen LogP contribution in [-0.2, 0) is 9.53 Å². The van der Waals surface area contributed by atoms with Gasteiger partial charge in [-0.05, 0) is 87.4 Å². The maximum Gasteiger partial charge on any atom is 0.337 e. The molecule has 0 amide bonds. The Kier molecular flexibility index (Phi) is 7.62. The molecule has 1 unspecified atom stereocenters. The van der Waals surface area contributed by atoms with Gasteiger partial charge in [0.15, 0.2) is 6.10 Å². The van der Waals surface area contributed by atoms with Crippen LogP contribution in [-0.4, -0.2) is 46.8 Å². The number of pyridine rings is 1. The Morgan fingerprint density at radius 1 is 1.07 bits per heavy atom. The normalized spacial score (nSPS) is 14.0. The van der Waals surface area contributed by atoms with E-state index in [1.54, 1.807) is 6.20 Å². The van der Waals surface area contributed by atoms with Crippen molar-refractivity contribution in [2.75, 3.05) is 25.1 Å². The number of halogens is 1. The van der Waals surface area contributed by atoms with Crippen LogP contribution in [0.1, 0.15) is 38.0 Å². The van der Waals surface area contributed by atoms with Crippen molar-refractivity contribution in [3.8, 4) is 38.7 Å². The average molecular weight is 614 g/mol. The van der Waals surface area contributed by atoms with Crippen molar-refractivity contribution in [3.05, 3.63) is 83.0 Å². The van der Waals surface area contributed by atoms with Crippen LogP contribution in [0.15, 0.2) is 66.9 Å². The highest BCUT2D eigenvalue weighted by molar-refractivity contribution is 7.22. The molecule has 220 valence electrons. The van der Waals surface area contributed by atoms with Crippen molar-refractivity contribution in [1.29, 1.82) is 0 Å². The van der Waals surface area contributed by atoms with Crippen molar-refractivity contribution in [2.45, 2.75) is 39.4 Å². The third-order valence-electron chi connectivity index (χ3n) is 7.38. The molecule has 1 aliphatic rings. The second kappa shape index (κ2) is 11.3. The first-order chi connectivity index (χ1) is 20.5. The lowest BCUT2D eigenvalue weighted by Crippen LogP contribution is -2.28. The quantitative estimate of drug-likeness (QED) is 0.206. The van der Waals surface area contributed by atoms with E-state index in [0.29, 0.717) is 17.2 Å². The number of fused-ring (bicyclic) bond motifs is 2. The summed E-state index contributed by atoms with van der Waals surface area (Å²) in [6.07, 6.45) is 0.629. The summed E-state index contributed by atoms with van der Waals surface area (Å²) in [7, 11) is 2.06. The molecule has 9 heteroatoms. The van der Waals surface area contributed by atoms with Crippen LogP contribution in [0.5, 0.6) is 5.75 Å². The molecular weight excluding hydrogens is 582 g/mol. The second-order valence-corrected chi connectivity index (χ2v) is 13.1. The van der Waals surface area contributed by atoms with Gasteiger partial charge in [-0.2, -0.15) is 0 Å². The van der Waals surface area contributed by atoms with Crippen LogP contribution >= 0.6 is 22.9 Å². The molecule has 1 N–H and O–H groups in total. The molecule has 3 heterocycles. The van der Waals surface area contributed by atoms with Crippen molar-refractivity contribution < 1.29 is 19.4 Å². The number of carbonyl (C=O) groups is 1. The van der Waals surface area contributed by atoms with Gasteiger partial charge in [0, 0.05) is 40.5 Å². The molecule has 0 bridgehead atoms. The van der Waals surface area contributed by atoms with Gasteiger partial charge in [-0.1, -0.05) is 23.7 Å². The molecular formula is C34H32ClN3O4S. The first-order valence-corrected chi connectivity index (χ1v) is 15.2. The minimum absolute atomic E-state index is 0.601. The lowest BCUT2D eigenvalue weighted by molar-refractivity contribution is -0.160. The summed E-state index contributed by atoms with van der Waals surface area (Å²) in [6.45, 7) is 8.99. The standard InChI is InChI=1S/C34H32ClN3O4S/c1-19-16-25-31(29(20-6-9-23(35)10-7-20)28(19)30(33(39)40)42-34(2,3)4)43-32(37-25)22-12-13-36-24(17-22)21-8-11-27-26(18-21)38(5)14-15-41-27/h6-13,16-18,30H,14-15H2,1-5H3,(H,39,40). The number of aromatic nitrogens is 2. The minimum atomic E-state index is -1.17. The Morgan fingerprint density at radius 3 is 2.53 bits per heavy atom. The Balaban J connectivity index is 1.51. The van der Waals surface area contributed by atoms with E-state index in [2.05, 4.69) is 23.0 Å².